The number of amides is 2. The lowest BCUT2D eigenvalue weighted by molar-refractivity contribution is -0.135. The first-order valence-corrected chi connectivity index (χ1v) is 7.52. The minimum atomic E-state index is -0.460. The Morgan fingerprint density at radius 1 is 1.24 bits per heavy atom. The normalized spacial score (nSPS) is 19.1. The van der Waals surface area contributed by atoms with E-state index in [9.17, 15) is 9.59 Å². The van der Waals surface area contributed by atoms with Crippen LogP contribution in [0.25, 0.3) is 0 Å². The molecule has 0 aromatic rings. The lowest BCUT2D eigenvalue weighted by Gasteiger charge is -2.38. The van der Waals surface area contributed by atoms with Crippen LogP contribution in [0.1, 0.15) is 20.3 Å². The number of nitrogens with one attached hydrogen (secondary N) is 1. The van der Waals surface area contributed by atoms with E-state index in [-0.39, 0.29) is 17.9 Å². The van der Waals surface area contributed by atoms with E-state index >= 15 is 0 Å². The second-order valence-electron chi connectivity index (χ2n) is 5.46. The maximum Gasteiger partial charge on any atom is 0.239 e. The smallest absolute Gasteiger partial charge is 0.239 e. The zero-order valence-corrected chi connectivity index (χ0v) is 13.3. The zero-order valence-electron chi connectivity index (χ0n) is 13.3. The molecule has 1 rings (SSSR count). The van der Waals surface area contributed by atoms with Crippen molar-refractivity contribution >= 4 is 11.8 Å². The Balaban J connectivity index is 2.32. The van der Waals surface area contributed by atoms with Gasteiger partial charge < -0.3 is 20.7 Å². The maximum absolute atomic E-state index is 12.0. The van der Waals surface area contributed by atoms with E-state index in [0.29, 0.717) is 39.3 Å². The number of hydrogen-bond acceptors (Lipinski definition) is 5. The second kappa shape index (κ2) is 8.96. The quantitative estimate of drug-likeness (QED) is 0.590. The molecule has 1 heterocycles. The van der Waals surface area contributed by atoms with Gasteiger partial charge in [-0.25, -0.2) is 0 Å². The number of nitrogens with two attached hydrogens (primary N) is 1. The largest absolute Gasteiger partial charge is 0.385 e. The first kappa shape index (κ1) is 17.9. The molecule has 0 spiro atoms. The third-order valence-electron chi connectivity index (χ3n) is 3.77. The molecule has 0 aromatic heterocycles. The van der Waals surface area contributed by atoms with Crippen molar-refractivity contribution in [2.45, 2.75) is 32.4 Å². The predicted octanol–water partition coefficient (Wildman–Crippen LogP) is -0.981. The predicted molar refractivity (Wildman–Crippen MR) is 80.8 cm³/mol. The Labute approximate surface area is 126 Å². The molecule has 1 saturated heterocycles. The molecule has 0 aromatic carbocycles. The van der Waals surface area contributed by atoms with Crippen LogP contribution in [0, 0.1) is 0 Å². The Morgan fingerprint density at radius 2 is 1.86 bits per heavy atom. The first-order valence-electron chi connectivity index (χ1n) is 7.52. The van der Waals surface area contributed by atoms with Gasteiger partial charge in [0, 0.05) is 46.4 Å². The van der Waals surface area contributed by atoms with Crippen molar-refractivity contribution in [2.75, 3.05) is 46.4 Å². The number of nitrogens with zero attached hydrogens (tertiary/aromatic N) is 2. The van der Waals surface area contributed by atoms with Gasteiger partial charge in [-0.3, -0.25) is 14.5 Å². The van der Waals surface area contributed by atoms with Crippen molar-refractivity contribution < 1.29 is 14.3 Å². The lowest BCUT2D eigenvalue weighted by Crippen LogP contribution is -2.56. The number of carbonyl (C=O) groups excluding carboxylic acids is 2. The fraction of sp³-hybridized carbons (Fsp3) is 0.857. The molecule has 0 aliphatic carbocycles. The molecule has 1 aliphatic heterocycles. The molecule has 0 bridgehead atoms. The van der Waals surface area contributed by atoms with Gasteiger partial charge in [0.2, 0.25) is 11.8 Å². The Bertz CT molecular complexity index is 341. The standard InChI is InChI=1S/C14H28N4O3/c1-11(15)14(20)18-8-6-17(7-9-18)12(2)13(19)16-5-4-10-21-3/h11-12H,4-10,15H2,1-3H3,(H,16,19). The molecule has 122 valence electrons. The highest BCUT2D eigenvalue weighted by molar-refractivity contribution is 5.82. The topological polar surface area (TPSA) is 87.9 Å². The second-order valence-corrected chi connectivity index (χ2v) is 5.46. The molecular weight excluding hydrogens is 272 g/mol. The van der Waals surface area contributed by atoms with Crippen LogP contribution in [-0.4, -0.2) is 80.1 Å². The number of methoxy groups -OCH3 is 1. The first-order chi connectivity index (χ1) is 9.97. The van der Waals surface area contributed by atoms with Gasteiger partial charge in [-0.15, -0.1) is 0 Å². The molecule has 1 fully saturated rings. The summed E-state index contributed by atoms with van der Waals surface area (Å²) in [6.45, 7) is 7.52. The van der Waals surface area contributed by atoms with Crippen molar-refractivity contribution in [1.82, 2.24) is 15.1 Å². The van der Waals surface area contributed by atoms with E-state index in [1.165, 1.54) is 0 Å². The van der Waals surface area contributed by atoms with Crippen LogP contribution in [0.15, 0.2) is 0 Å². The summed E-state index contributed by atoms with van der Waals surface area (Å²) >= 11 is 0. The molecule has 3 N–H and O–H groups in total. The van der Waals surface area contributed by atoms with Crippen molar-refractivity contribution in [2.24, 2.45) is 5.73 Å². The lowest BCUT2D eigenvalue weighted by atomic mass is 10.2. The molecule has 2 atom stereocenters. The summed E-state index contributed by atoms with van der Waals surface area (Å²) in [5, 5.41) is 2.91. The van der Waals surface area contributed by atoms with E-state index < -0.39 is 6.04 Å². The summed E-state index contributed by atoms with van der Waals surface area (Å²) < 4.78 is 4.94. The van der Waals surface area contributed by atoms with E-state index in [1.54, 1.807) is 18.9 Å². The molecule has 2 amide bonds. The number of carbonyl (C=O) groups is 2. The molecule has 0 radical (unpaired) electrons. The molecule has 2 unspecified atom stereocenters. The fourth-order valence-corrected chi connectivity index (χ4v) is 2.36. The van der Waals surface area contributed by atoms with Crippen LogP contribution >= 0.6 is 0 Å². The number of piperazine rings is 1. The summed E-state index contributed by atoms with van der Waals surface area (Å²) in [5.74, 6) is 0.00407. The number of hydrogen-bond donors (Lipinski definition) is 2. The highest BCUT2D eigenvalue weighted by atomic mass is 16.5. The van der Waals surface area contributed by atoms with E-state index in [1.807, 2.05) is 6.92 Å². The molecule has 7 heteroatoms. The van der Waals surface area contributed by atoms with E-state index in [0.717, 1.165) is 6.42 Å². The maximum atomic E-state index is 12.0. The molecular formula is C14H28N4O3. The van der Waals surface area contributed by atoms with Gasteiger partial charge in [-0.1, -0.05) is 0 Å². The van der Waals surface area contributed by atoms with E-state index in [4.69, 9.17) is 10.5 Å². The Morgan fingerprint density at radius 3 is 2.38 bits per heavy atom. The third-order valence-corrected chi connectivity index (χ3v) is 3.77. The summed E-state index contributed by atoms with van der Waals surface area (Å²) in [6, 6.07) is -0.641. The van der Waals surface area contributed by atoms with Crippen LogP contribution in [0.2, 0.25) is 0 Å². The van der Waals surface area contributed by atoms with Crippen molar-refractivity contribution in [3.8, 4) is 0 Å². The van der Waals surface area contributed by atoms with Crippen LogP contribution in [0.4, 0.5) is 0 Å². The van der Waals surface area contributed by atoms with Crippen LogP contribution in [0.5, 0.6) is 0 Å². The third kappa shape index (κ3) is 5.61. The van der Waals surface area contributed by atoms with Crippen molar-refractivity contribution in [3.05, 3.63) is 0 Å². The molecule has 1 aliphatic rings. The highest BCUT2D eigenvalue weighted by Crippen LogP contribution is 2.07. The monoisotopic (exact) mass is 300 g/mol. The molecule has 7 nitrogen and oxygen atoms in total. The molecule has 21 heavy (non-hydrogen) atoms. The Hall–Kier alpha value is -1.18. The van der Waals surface area contributed by atoms with Gasteiger partial charge in [-0.05, 0) is 20.3 Å². The van der Waals surface area contributed by atoms with Gasteiger partial charge in [0.15, 0.2) is 0 Å². The minimum Gasteiger partial charge on any atom is -0.385 e. The highest BCUT2D eigenvalue weighted by Gasteiger charge is 2.28. The van der Waals surface area contributed by atoms with Crippen LogP contribution in [-0.2, 0) is 14.3 Å². The van der Waals surface area contributed by atoms with Gasteiger partial charge in [0.25, 0.3) is 0 Å². The van der Waals surface area contributed by atoms with Gasteiger partial charge in [0.05, 0.1) is 12.1 Å². The fourth-order valence-electron chi connectivity index (χ4n) is 2.36. The van der Waals surface area contributed by atoms with E-state index in [2.05, 4.69) is 10.2 Å². The van der Waals surface area contributed by atoms with Crippen molar-refractivity contribution in [1.29, 1.82) is 0 Å². The molecule has 0 saturated carbocycles. The van der Waals surface area contributed by atoms with Gasteiger partial charge in [-0.2, -0.15) is 0 Å². The average molecular weight is 300 g/mol. The van der Waals surface area contributed by atoms with Crippen LogP contribution in [0.3, 0.4) is 0 Å². The average Bonchev–Trinajstić information content (AvgIpc) is 2.50. The summed E-state index contributed by atoms with van der Waals surface area (Å²) in [4.78, 5) is 27.7. The van der Waals surface area contributed by atoms with Gasteiger partial charge >= 0.3 is 0 Å². The SMILES string of the molecule is COCCCNC(=O)C(C)N1CCN(C(=O)C(C)N)CC1. The zero-order chi connectivity index (χ0) is 15.8. The summed E-state index contributed by atoms with van der Waals surface area (Å²) in [7, 11) is 1.65. The number of rotatable bonds is 7. The van der Waals surface area contributed by atoms with Crippen molar-refractivity contribution in [3.63, 3.8) is 0 Å². The number of ether oxygens (including phenoxy) is 1. The van der Waals surface area contributed by atoms with Crippen LogP contribution < -0.4 is 11.1 Å². The Kier molecular flexibility index (Phi) is 7.63. The summed E-state index contributed by atoms with van der Waals surface area (Å²) in [6.07, 6.45) is 0.811. The summed E-state index contributed by atoms with van der Waals surface area (Å²) in [5.41, 5.74) is 5.61. The van der Waals surface area contributed by atoms with Gasteiger partial charge in [0.1, 0.15) is 0 Å². The minimum absolute atomic E-state index is 0.0219.